The first-order valence-corrected chi connectivity index (χ1v) is 6.63. The molecule has 1 unspecified atom stereocenters. The molecule has 0 spiro atoms. The van der Waals surface area contributed by atoms with Crippen LogP contribution in [0.2, 0.25) is 0 Å². The van der Waals surface area contributed by atoms with Crippen molar-refractivity contribution in [3.05, 3.63) is 29.6 Å². The summed E-state index contributed by atoms with van der Waals surface area (Å²) in [6, 6.07) is 4.27. The third-order valence-corrected chi connectivity index (χ3v) is 3.69. The lowest BCUT2D eigenvalue weighted by atomic mass is 9.99. The van der Waals surface area contributed by atoms with Gasteiger partial charge in [-0.15, -0.1) is 0 Å². The van der Waals surface area contributed by atoms with Gasteiger partial charge in [-0.2, -0.15) is 0 Å². The molecular formula is C14H20N2O2. The Kier molecular flexibility index (Phi) is 4.31. The minimum absolute atomic E-state index is 0.193. The van der Waals surface area contributed by atoms with Crippen molar-refractivity contribution in [1.82, 2.24) is 9.88 Å². The molecule has 2 heterocycles. The third-order valence-electron chi connectivity index (χ3n) is 3.69. The predicted molar refractivity (Wildman–Crippen MR) is 69.5 cm³/mol. The molecule has 1 atom stereocenters. The first-order valence-electron chi connectivity index (χ1n) is 6.63. The number of hydrogen-bond donors (Lipinski definition) is 1. The second-order valence-corrected chi connectivity index (χ2v) is 4.84. The highest BCUT2D eigenvalue weighted by Gasteiger charge is 2.22. The molecule has 4 heteroatoms. The molecular weight excluding hydrogens is 228 g/mol. The lowest BCUT2D eigenvalue weighted by Crippen LogP contribution is -2.38. The fraction of sp³-hybridized carbons (Fsp3) is 0.571. The number of aromatic carboxylic acids is 1. The minimum atomic E-state index is -0.935. The molecule has 0 aliphatic carbocycles. The molecule has 0 saturated carbocycles. The van der Waals surface area contributed by atoms with Crippen molar-refractivity contribution in [2.75, 3.05) is 6.54 Å². The van der Waals surface area contributed by atoms with E-state index in [2.05, 4.69) is 16.8 Å². The smallest absolute Gasteiger partial charge is 0.354 e. The Labute approximate surface area is 108 Å². The molecule has 18 heavy (non-hydrogen) atoms. The van der Waals surface area contributed by atoms with Gasteiger partial charge in [0.05, 0.1) is 0 Å². The molecule has 1 aromatic rings. The number of carboxylic acids is 1. The van der Waals surface area contributed by atoms with E-state index >= 15 is 0 Å². The molecule has 4 nitrogen and oxygen atoms in total. The summed E-state index contributed by atoms with van der Waals surface area (Å²) in [6.45, 7) is 3.96. The Morgan fingerprint density at radius 2 is 2.39 bits per heavy atom. The highest BCUT2D eigenvalue weighted by Crippen LogP contribution is 2.22. The van der Waals surface area contributed by atoms with Crippen LogP contribution < -0.4 is 0 Å². The van der Waals surface area contributed by atoms with Crippen LogP contribution >= 0.6 is 0 Å². The third kappa shape index (κ3) is 2.88. The van der Waals surface area contributed by atoms with Crippen molar-refractivity contribution in [2.24, 2.45) is 0 Å². The van der Waals surface area contributed by atoms with Gasteiger partial charge in [0.25, 0.3) is 0 Å². The van der Waals surface area contributed by atoms with Gasteiger partial charge in [0.15, 0.2) is 5.69 Å². The van der Waals surface area contributed by atoms with Crippen molar-refractivity contribution in [3.8, 4) is 0 Å². The topological polar surface area (TPSA) is 53.4 Å². The van der Waals surface area contributed by atoms with Gasteiger partial charge in [0.1, 0.15) is 0 Å². The summed E-state index contributed by atoms with van der Waals surface area (Å²) in [6.07, 6.45) is 6.38. The number of pyridine rings is 1. The molecule has 98 valence electrons. The molecule has 1 aromatic heterocycles. The van der Waals surface area contributed by atoms with Gasteiger partial charge in [0, 0.05) is 18.8 Å². The van der Waals surface area contributed by atoms with Gasteiger partial charge in [-0.3, -0.25) is 4.90 Å². The quantitative estimate of drug-likeness (QED) is 0.889. The molecule has 1 aliphatic heterocycles. The van der Waals surface area contributed by atoms with E-state index in [0.29, 0.717) is 12.6 Å². The van der Waals surface area contributed by atoms with E-state index in [0.717, 1.165) is 18.5 Å². The lowest BCUT2D eigenvalue weighted by Gasteiger charge is -2.35. The van der Waals surface area contributed by atoms with Crippen LogP contribution in [-0.2, 0) is 6.54 Å². The van der Waals surface area contributed by atoms with E-state index in [1.165, 1.54) is 19.3 Å². The van der Waals surface area contributed by atoms with E-state index in [-0.39, 0.29) is 5.69 Å². The van der Waals surface area contributed by atoms with Crippen LogP contribution in [0.5, 0.6) is 0 Å². The SMILES string of the molecule is CCC1CCCCN1Cc1cccnc1C(=O)O. The fourth-order valence-corrected chi connectivity index (χ4v) is 2.71. The van der Waals surface area contributed by atoms with Gasteiger partial charge in [-0.1, -0.05) is 19.4 Å². The number of nitrogens with zero attached hydrogens (tertiary/aromatic N) is 2. The Morgan fingerprint density at radius 1 is 1.56 bits per heavy atom. The van der Waals surface area contributed by atoms with Crippen LogP contribution in [-0.4, -0.2) is 33.5 Å². The number of piperidine rings is 1. The maximum Gasteiger partial charge on any atom is 0.354 e. The summed E-state index contributed by atoms with van der Waals surface area (Å²) < 4.78 is 0. The summed E-state index contributed by atoms with van der Waals surface area (Å²) in [7, 11) is 0. The molecule has 1 aliphatic rings. The van der Waals surface area contributed by atoms with E-state index < -0.39 is 5.97 Å². The first kappa shape index (κ1) is 13.0. The Balaban J connectivity index is 2.15. The summed E-state index contributed by atoms with van der Waals surface area (Å²) in [5.41, 5.74) is 1.02. The maximum atomic E-state index is 11.1. The Bertz CT molecular complexity index is 420. The highest BCUT2D eigenvalue weighted by atomic mass is 16.4. The predicted octanol–water partition coefficient (Wildman–Crippen LogP) is 2.54. The van der Waals surface area contributed by atoms with E-state index in [4.69, 9.17) is 5.11 Å². The molecule has 0 amide bonds. The van der Waals surface area contributed by atoms with Crippen molar-refractivity contribution in [2.45, 2.75) is 45.2 Å². The maximum absolute atomic E-state index is 11.1. The standard InChI is InChI=1S/C14H20N2O2/c1-2-12-7-3-4-9-16(12)10-11-6-5-8-15-13(11)14(17)18/h5-6,8,12H,2-4,7,9-10H2,1H3,(H,17,18). The monoisotopic (exact) mass is 248 g/mol. The summed E-state index contributed by atoms with van der Waals surface area (Å²) in [4.78, 5) is 17.5. The Morgan fingerprint density at radius 3 is 3.11 bits per heavy atom. The normalized spacial score (nSPS) is 20.8. The average Bonchev–Trinajstić information content (AvgIpc) is 2.40. The molecule has 1 saturated heterocycles. The molecule has 0 bridgehead atoms. The summed E-state index contributed by atoms with van der Waals surface area (Å²) in [5.74, 6) is -0.935. The molecule has 2 rings (SSSR count). The zero-order valence-electron chi connectivity index (χ0n) is 10.8. The second kappa shape index (κ2) is 5.96. The average molecular weight is 248 g/mol. The number of likely N-dealkylation sites (tertiary alicyclic amines) is 1. The molecule has 0 aromatic carbocycles. The number of aromatic nitrogens is 1. The molecule has 1 N–H and O–H groups in total. The summed E-state index contributed by atoms with van der Waals surface area (Å²) >= 11 is 0. The minimum Gasteiger partial charge on any atom is -0.477 e. The number of carbonyl (C=O) groups is 1. The zero-order chi connectivity index (χ0) is 13.0. The van der Waals surface area contributed by atoms with Crippen LogP contribution in [0.3, 0.4) is 0 Å². The van der Waals surface area contributed by atoms with Gasteiger partial charge in [-0.25, -0.2) is 9.78 Å². The van der Waals surface area contributed by atoms with Crippen LogP contribution in [0.1, 0.15) is 48.7 Å². The highest BCUT2D eigenvalue weighted by molar-refractivity contribution is 5.86. The van der Waals surface area contributed by atoms with Crippen LogP contribution in [0.15, 0.2) is 18.3 Å². The van der Waals surface area contributed by atoms with Crippen molar-refractivity contribution in [1.29, 1.82) is 0 Å². The molecule has 0 radical (unpaired) electrons. The van der Waals surface area contributed by atoms with E-state index in [9.17, 15) is 4.79 Å². The molecule has 1 fully saturated rings. The van der Waals surface area contributed by atoms with Gasteiger partial charge < -0.3 is 5.11 Å². The van der Waals surface area contributed by atoms with E-state index in [1.807, 2.05) is 12.1 Å². The summed E-state index contributed by atoms with van der Waals surface area (Å²) in [5, 5.41) is 9.14. The van der Waals surface area contributed by atoms with Crippen LogP contribution in [0, 0.1) is 0 Å². The fourth-order valence-electron chi connectivity index (χ4n) is 2.71. The number of rotatable bonds is 4. The van der Waals surface area contributed by atoms with Crippen molar-refractivity contribution >= 4 is 5.97 Å². The van der Waals surface area contributed by atoms with Crippen molar-refractivity contribution in [3.63, 3.8) is 0 Å². The first-order chi connectivity index (χ1) is 8.72. The van der Waals surface area contributed by atoms with Crippen molar-refractivity contribution < 1.29 is 9.90 Å². The largest absolute Gasteiger partial charge is 0.477 e. The van der Waals surface area contributed by atoms with Gasteiger partial charge in [-0.05, 0) is 37.4 Å². The Hall–Kier alpha value is -1.42. The lowest BCUT2D eigenvalue weighted by molar-refractivity contribution is 0.0685. The second-order valence-electron chi connectivity index (χ2n) is 4.84. The van der Waals surface area contributed by atoms with Gasteiger partial charge >= 0.3 is 5.97 Å². The zero-order valence-corrected chi connectivity index (χ0v) is 10.8. The van der Waals surface area contributed by atoms with Crippen LogP contribution in [0.4, 0.5) is 0 Å². The van der Waals surface area contributed by atoms with Gasteiger partial charge in [0.2, 0.25) is 0 Å². The van der Waals surface area contributed by atoms with E-state index in [1.54, 1.807) is 6.20 Å². The van der Waals surface area contributed by atoms with Crippen LogP contribution in [0.25, 0.3) is 0 Å². The number of carboxylic acid groups (broad SMARTS) is 1. The number of hydrogen-bond acceptors (Lipinski definition) is 3.